The molecule has 0 bridgehead atoms. The fourth-order valence-electron chi connectivity index (χ4n) is 2.06. The Bertz CT molecular complexity index is 522. The van der Waals surface area contributed by atoms with Crippen molar-refractivity contribution in [3.8, 4) is 11.1 Å². The van der Waals surface area contributed by atoms with Crippen molar-refractivity contribution in [1.29, 1.82) is 0 Å². The highest BCUT2D eigenvalue weighted by Crippen LogP contribution is 2.27. The highest BCUT2D eigenvalue weighted by atomic mass is 14.1. The molecule has 0 heterocycles. The van der Waals surface area contributed by atoms with Crippen LogP contribution in [0.1, 0.15) is 22.3 Å². The summed E-state index contributed by atoms with van der Waals surface area (Å²) in [6.07, 6.45) is 0. The van der Waals surface area contributed by atoms with Crippen molar-refractivity contribution in [3.05, 3.63) is 58.7 Å². The summed E-state index contributed by atoms with van der Waals surface area (Å²) in [5, 5.41) is 0. The summed E-state index contributed by atoms with van der Waals surface area (Å²) in [6, 6.07) is 14.3. The number of benzene rings is 2. The molecule has 1 radical (unpaired) electrons. The average Bonchev–Trinajstić information content (AvgIpc) is 2.22. The Hall–Kier alpha value is -1.56. The first kappa shape index (κ1) is 10.9. The van der Waals surface area contributed by atoms with Crippen LogP contribution in [0.3, 0.4) is 0 Å². The van der Waals surface area contributed by atoms with Crippen molar-refractivity contribution in [2.24, 2.45) is 0 Å². The van der Waals surface area contributed by atoms with Crippen molar-refractivity contribution >= 4 is 0 Å². The molecule has 0 aliphatic rings. The third-order valence-corrected chi connectivity index (χ3v) is 2.97. The van der Waals surface area contributed by atoms with Gasteiger partial charge in [0.15, 0.2) is 0 Å². The van der Waals surface area contributed by atoms with E-state index in [-0.39, 0.29) is 0 Å². The van der Waals surface area contributed by atoms with E-state index in [0.717, 1.165) is 0 Å². The fraction of sp³-hybridized carbons (Fsp3) is 0.250. The van der Waals surface area contributed by atoms with Crippen LogP contribution in [-0.2, 0) is 0 Å². The van der Waals surface area contributed by atoms with Crippen LogP contribution in [-0.4, -0.2) is 0 Å². The van der Waals surface area contributed by atoms with Crippen molar-refractivity contribution in [2.75, 3.05) is 0 Å². The van der Waals surface area contributed by atoms with Gasteiger partial charge in [0, 0.05) is 0 Å². The van der Waals surface area contributed by atoms with Gasteiger partial charge in [0.25, 0.3) is 0 Å². The molecule has 16 heavy (non-hydrogen) atoms. The largest absolute Gasteiger partial charge is 0.0590 e. The zero-order valence-electron chi connectivity index (χ0n) is 10.4. The van der Waals surface area contributed by atoms with Gasteiger partial charge in [-0.3, -0.25) is 0 Å². The van der Waals surface area contributed by atoms with E-state index in [1.807, 2.05) is 0 Å². The molecule has 0 amide bonds. The smallest absolute Gasteiger partial charge is 0.0114 e. The molecular weight excluding hydrogens is 192 g/mol. The third-order valence-electron chi connectivity index (χ3n) is 2.97. The lowest BCUT2D eigenvalue weighted by Gasteiger charge is -2.10. The van der Waals surface area contributed by atoms with Gasteiger partial charge in [-0.15, -0.1) is 0 Å². The summed E-state index contributed by atoms with van der Waals surface area (Å²) in [6.45, 7) is 8.51. The van der Waals surface area contributed by atoms with Crippen LogP contribution in [0.25, 0.3) is 11.1 Å². The Morgan fingerprint density at radius 2 is 1.56 bits per heavy atom. The van der Waals surface area contributed by atoms with Gasteiger partial charge in [-0.05, 0) is 61.6 Å². The Kier molecular flexibility index (Phi) is 2.82. The second-order valence-corrected chi connectivity index (χ2v) is 4.50. The lowest BCUT2D eigenvalue weighted by Crippen LogP contribution is -1.89. The molecule has 81 valence electrons. The summed E-state index contributed by atoms with van der Waals surface area (Å²) in [7, 11) is 0. The molecule has 2 aromatic rings. The van der Waals surface area contributed by atoms with E-state index in [1.165, 1.54) is 33.4 Å². The molecule has 0 atom stereocenters. The Morgan fingerprint density at radius 3 is 2.25 bits per heavy atom. The summed E-state index contributed by atoms with van der Waals surface area (Å²) in [5.41, 5.74) is 7.69. The summed E-state index contributed by atoms with van der Waals surface area (Å²) >= 11 is 0. The SMILES string of the molecule is Cc1[c]c(C)c(-c2cc(C)ccc2C)cc1. The van der Waals surface area contributed by atoms with E-state index >= 15 is 0 Å². The average molecular weight is 209 g/mol. The van der Waals surface area contributed by atoms with Gasteiger partial charge in [0.1, 0.15) is 0 Å². The molecule has 0 saturated heterocycles. The van der Waals surface area contributed by atoms with E-state index in [4.69, 9.17) is 0 Å². The van der Waals surface area contributed by atoms with Crippen LogP contribution < -0.4 is 0 Å². The second-order valence-electron chi connectivity index (χ2n) is 4.50. The molecule has 0 saturated carbocycles. The van der Waals surface area contributed by atoms with Crippen molar-refractivity contribution < 1.29 is 0 Å². The molecular formula is C16H17. The van der Waals surface area contributed by atoms with Crippen LogP contribution in [0.2, 0.25) is 0 Å². The number of hydrogen-bond donors (Lipinski definition) is 0. The molecule has 0 aliphatic heterocycles. The van der Waals surface area contributed by atoms with E-state index < -0.39 is 0 Å². The summed E-state index contributed by atoms with van der Waals surface area (Å²) in [5.74, 6) is 0. The van der Waals surface area contributed by atoms with Crippen LogP contribution in [0.4, 0.5) is 0 Å². The maximum absolute atomic E-state index is 3.38. The van der Waals surface area contributed by atoms with Crippen LogP contribution in [0.15, 0.2) is 30.3 Å². The summed E-state index contributed by atoms with van der Waals surface area (Å²) in [4.78, 5) is 0. The van der Waals surface area contributed by atoms with Crippen LogP contribution in [0.5, 0.6) is 0 Å². The van der Waals surface area contributed by atoms with Gasteiger partial charge < -0.3 is 0 Å². The first-order valence-corrected chi connectivity index (χ1v) is 5.65. The number of rotatable bonds is 1. The van der Waals surface area contributed by atoms with E-state index in [0.29, 0.717) is 0 Å². The Balaban J connectivity index is 2.62. The van der Waals surface area contributed by atoms with Gasteiger partial charge in [-0.2, -0.15) is 0 Å². The minimum Gasteiger partial charge on any atom is -0.0590 e. The zero-order chi connectivity index (χ0) is 11.7. The topological polar surface area (TPSA) is 0 Å². The number of hydrogen-bond acceptors (Lipinski definition) is 0. The van der Waals surface area contributed by atoms with E-state index in [9.17, 15) is 0 Å². The molecule has 0 spiro atoms. The predicted octanol–water partition coefficient (Wildman–Crippen LogP) is 4.39. The minimum absolute atomic E-state index is 1.20. The number of aryl methyl sites for hydroxylation is 4. The quantitative estimate of drug-likeness (QED) is 0.653. The van der Waals surface area contributed by atoms with Crippen molar-refractivity contribution in [1.82, 2.24) is 0 Å². The first-order valence-electron chi connectivity index (χ1n) is 5.65. The zero-order valence-corrected chi connectivity index (χ0v) is 10.4. The van der Waals surface area contributed by atoms with Gasteiger partial charge in [0.2, 0.25) is 0 Å². The van der Waals surface area contributed by atoms with Gasteiger partial charge in [0.05, 0.1) is 0 Å². The molecule has 0 heteroatoms. The highest BCUT2D eigenvalue weighted by Gasteiger charge is 2.05. The van der Waals surface area contributed by atoms with Crippen molar-refractivity contribution in [2.45, 2.75) is 27.7 Å². The minimum atomic E-state index is 1.20. The highest BCUT2D eigenvalue weighted by molar-refractivity contribution is 5.71. The summed E-state index contributed by atoms with van der Waals surface area (Å²) < 4.78 is 0. The van der Waals surface area contributed by atoms with Gasteiger partial charge in [-0.25, -0.2) is 0 Å². The predicted molar refractivity (Wildman–Crippen MR) is 69.7 cm³/mol. The standard InChI is InChI=1S/C16H17/c1-11-6-8-15(14(4)9-11)16-10-12(2)5-7-13(16)3/h5-8,10H,1-4H3. The molecule has 0 N–H and O–H groups in total. The van der Waals surface area contributed by atoms with E-state index in [1.54, 1.807) is 0 Å². The second kappa shape index (κ2) is 4.13. The lowest BCUT2D eigenvalue weighted by molar-refractivity contribution is 1.34. The molecule has 2 aromatic carbocycles. The maximum Gasteiger partial charge on any atom is -0.0114 e. The van der Waals surface area contributed by atoms with Gasteiger partial charge >= 0.3 is 0 Å². The third kappa shape index (κ3) is 2.01. The molecule has 0 fully saturated rings. The van der Waals surface area contributed by atoms with Crippen molar-refractivity contribution in [3.63, 3.8) is 0 Å². The Labute approximate surface area is 97.9 Å². The lowest BCUT2D eigenvalue weighted by atomic mass is 9.94. The van der Waals surface area contributed by atoms with Crippen LogP contribution in [0, 0.1) is 33.8 Å². The van der Waals surface area contributed by atoms with Crippen LogP contribution >= 0.6 is 0 Å². The molecule has 0 unspecified atom stereocenters. The van der Waals surface area contributed by atoms with Gasteiger partial charge in [-0.1, -0.05) is 35.9 Å². The van der Waals surface area contributed by atoms with E-state index in [2.05, 4.69) is 64.1 Å². The normalized spacial score (nSPS) is 10.5. The fourth-order valence-corrected chi connectivity index (χ4v) is 2.06. The molecule has 0 nitrogen and oxygen atoms in total. The molecule has 0 aliphatic carbocycles. The first-order chi connectivity index (χ1) is 7.58. The monoisotopic (exact) mass is 209 g/mol. The Morgan fingerprint density at radius 1 is 0.812 bits per heavy atom. The maximum atomic E-state index is 3.38. The molecule has 2 rings (SSSR count). The molecule has 0 aromatic heterocycles.